The third kappa shape index (κ3) is 11.2. The Morgan fingerprint density at radius 2 is 1.88 bits per heavy atom. The number of rotatable bonds is 7. The summed E-state index contributed by atoms with van der Waals surface area (Å²) in [5.41, 5.74) is 1.39. The Kier molecular flexibility index (Phi) is 8.47. The number of carbonyl (C=O) groups is 1. The predicted molar refractivity (Wildman–Crippen MR) is 72.8 cm³/mol. The zero-order valence-electron chi connectivity index (χ0n) is 11.8. The van der Waals surface area contributed by atoms with Crippen LogP contribution in [0.2, 0.25) is 0 Å². The van der Waals surface area contributed by atoms with Crippen LogP contribution in [0.25, 0.3) is 0 Å². The van der Waals surface area contributed by atoms with Crippen LogP contribution in [0.5, 0.6) is 0 Å². The SMILES string of the molecule is CC(=O)OC(C)/C=C/C[C@H](C)CCC=C(C)C. The summed E-state index contributed by atoms with van der Waals surface area (Å²) in [7, 11) is 0. The number of hydrogen-bond acceptors (Lipinski definition) is 2. The molecule has 0 aliphatic rings. The Bertz CT molecular complexity index is 273. The number of ether oxygens (including phenoxy) is 1. The fourth-order valence-corrected chi connectivity index (χ4v) is 1.58. The second-order valence-corrected chi connectivity index (χ2v) is 4.94. The molecule has 0 spiro atoms. The van der Waals surface area contributed by atoms with Crippen molar-refractivity contribution in [2.75, 3.05) is 0 Å². The van der Waals surface area contributed by atoms with E-state index in [1.54, 1.807) is 0 Å². The van der Waals surface area contributed by atoms with E-state index in [1.807, 2.05) is 13.0 Å². The summed E-state index contributed by atoms with van der Waals surface area (Å²) in [6.45, 7) is 9.83. The molecule has 0 saturated heterocycles. The van der Waals surface area contributed by atoms with Gasteiger partial charge in [-0.1, -0.05) is 24.6 Å². The molecule has 2 heteroatoms. The first kappa shape index (κ1) is 16.0. The van der Waals surface area contributed by atoms with Crippen molar-refractivity contribution in [2.24, 2.45) is 5.92 Å². The van der Waals surface area contributed by atoms with Gasteiger partial charge in [0.05, 0.1) is 0 Å². The molecule has 17 heavy (non-hydrogen) atoms. The summed E-state index contributed by atoms with van der Waals surface area (Å²) in [4.78, 5) is 10.7. The van der Waals surface area contributed by atoms with Gasteiger partial charge in [-0.25, -0.2) is 0 Å². The van der Waals surface area contributed by atoms with E-state index >= 15 is 0 Å². The third-order valence-electron chi connectivity index (χ3n) is 2.51. The van der Waals surface area contributed by atoms with Gasteiger partial charge in [-0.05, 0) is 52.0 Å². The summed E-state index contributed by atoms with van der Waals surface area (Å²) in [6.07, 6.45) is 9.63. The average Bonchev–Trinajstić information content (AvgIpc) is 2.15. The molecule has 0 aromatic rings. The van der Waals surface area contributed by atoms with E-state index in [1.165, 1.54) is 18.9 Å². The van der Waals surface area contributed by atoms with Crippen LogP contribution >= 0.6 is 0 Å². The Labute approximate surface area is 106 Å². The van der Waals surface area contributed by atoms with Crippen molar-refractivity contribution in [1.29, 1.82) is 0 Å². The van der Waals surface area contributed by atoms with Gasteiger partial charge >= 0.3 is 5.97 Å². The maximum absolute atomic E-state index is 10.7. The molecule has 0 amide bonds. The number of carbonyl (C=O) groups excluding carboxylic acids is 1. The Morgan fingerprint density at radius 3 is 2.41 bits per heavy atom. The zero-order chi connectivity index (χ0) is 13.3. The average molecular weight is 238 g/mol. The van der Waals surface area contributed by atoms with Crippen molar-refractivity contribution >= 4 is 5.97 Å². The van der Waals surface area contributed by atoms with Crippen molar-refractivity contribution in [3.63, 3.8) is 0 Å². The molecule has 0 heterocycles. The molecule has 0 radical (unpaired) electrons. The lowest BCUT2D eigenvalue weighted by molar-refractivity contribution is -0.143. The highest BCUT2D eigenvalue weighted by molar-refractivity contribution is 5.66. The molecular weight excluding hydrogens is 212 g/mol. The maximum atomic E-state index is 10.7. The standard InChI is InChI=1S/C15H26O2/c1-12(2)8-6-9-13(3)10-7-11-14(4)17-15(5)16/h7-8,11,13-14H,6,9-10H2,1-5H3/b11-7+/t13-,14?/m1/s1. The van der Waals surface area contributed by atoms with E-state index in [2.05, 4.69) is 32.9 Å². The first-order valence-electron chi connectivity index (χ1n) is 6.39. The van der Waals surface area contributed by atoms with Crippen LogP contribution < -0.4 is 0 Å². The van der Waals surface area contributed by atoms with Crippen LogP contribution in [-0.2, 0) is 9.53 Å². The lowest BCUT2D eigenvalue weighted by Gasteiger charge is -2.08. The molecule has 2 atom stereocenters. The highest BCUT2D eigenvalue weighted by Crippen LogP contribution is 2.12. The van der Waals surface area contributed by atoms with Crippen LogP contribution in [0.15, 0.2) is 23.8 Å². The summed E-state index contributed by atoms with van der Waals surface area (Å²) in [6, 6.07) is 0. The van der Waals surface area contributed by atoms with Gasteiger partial charge in [0.25, 0.3) is 0 Å². The van der Waals surface area contributed by atoms with E-state index in [4.69, 9.17) is 4.74 Å². The molecule has 0 aromatic carbocycles. The Morgan fingerprint density at radius 1 is 1.24 bits per heavy atom. The van der Waals surface area contributed by atoms with Gasteiger partial charge < -0.3 is 4.74 Å². The summed E-state index contributed by atoms with van der Waals surface area (Å²) >= 11 is 0. The Balaban J connectivity index is 3.75. The number of allylic oxidation sites excluding steroid dienone is 3. The van der Waals surface area contributed by atoms with E-state index < -0.39 is 0 Å². The second-order valence-electron chi connectivity index (χ2n) is 4.94. The van der Waals surface area contributed by atoms with Crippen molar-refractivity contribution in [1.82, 2.24) is 0 Å². The predicted octanol–water partition coefficient (Wildman–Crippen LogP) is 4.27. The molecule has 0 aromatic heterocycles. The van der Waals surface area contributed by atoms with Gasteiger partial charge in [0.2, 0.25) is 0 Å². The summed E-state index contributed by atoms with van der Waals surface area (Å²) in [5.74, 6) is 0.449. The monoisotopic (exact) mass is 238 g/mol. The largest absolute Gasteiger partial charge is 0.459 e. The van der Waals surface area contributed by atoms with Crippen LogP contribution in [0, 0.1) is 5.92 Å². The quantitative estimate of drug-likeness (QED) is 0.489. The lowest BCUT2D eigenvalue weighted by Crippen LogP contribution is -2.08. The van der Waals surface area contributed by atoms with Crippen LogP contribution in [-0.4, -0.2) is 12.1 Å². The molecule has 0 aliphatic carbocycles. The minimum Gasteiger partial charge on any atom is -0.459 e. The van der Waals surface area contributed by atoms with E-state index in [0.717, 1.165) is 12.8 Å². The van der Waals surface area contributed by atoms with Crippen molar-refractivity contribution in [3.8, 4) is 0 Å². The van der Waals surface area contributed by atoms with Gasteiger partial charge in [-0.2, -0.15) is 0 Å². The molecule has 0 saturated carbocycles. The van der Waals surface area contributed by atoms with Crippen LogP contribution in [0.4, 0.5) is 0 Å². The van der Waals surface area contributed by atoms with Gasteiger partial charge in [-0.3, -0.25) is 4.79 Å². The zero-order valence-corrected chi connectivity index (χ0v) is 11.8. The fourth-order valence-electron chi connectivity index (χ4n) is 1.58. The van der Waals surface area contributed by atoms with E-state index in [0.29, 0.717) is 5.92 Å². The third-order valence-corrected chi connectivity index (χ3v) is 2.51. The highest BCUT2D eigenvalue weighted by Gasteiger charge is 2.01. The lowest BCUT2D eigenvalue weighted by atomic mass is 10.0. The smallest absolute Gasteiger partial charge is 0.303 e. The topological polar surface area (TPSA) is 26.3 Å². The molecule has 0 fully saturated rings. The van der Waals surface area contributed by atoms with Crippen LogP contribution in [0.3, 0.4) is 0 Å². The van der Waals surface area contributed by atoms with Gasteiger partial charge in [0, 0.05) is 6.92 Å². The molecule has 1 unspecified atom stereocenters. The first-order valence-corrected chi connectivity index (χ1v) is 6.39. The summed E-state index contributed by atoms with van der Waals surface area (Å²) in [5, 5.41) is 0. The minimum absolute atomic E-state index is 0.113. The molecule has 0 N–H and O–H groups in total. The van der Waals surface area contributed by atoms with Gasteiger partial charge in [0.15, 0.2) is 0 Å². The highest BCUT2D eigenvalue weighted by atomic mass is 16.5. The van der Waals surface area contributed by atoms with Crippen molar-refractivity contribution in [2.45, 2.75) is 60.0 Å². The molecule has 0 rings (SSSR count). The van der Waals surface area contributed by atoms with Gasteiger partial charge in [0.1, 0.15) is 6.10 Å². The first-order chi connectivity index (χ1) is 7.91. The number of esters is 1. The second kappa shape index (κ2) is 9.03. The summed E-state index contributed by atoms with van der Waals surface area (Å²) < 4.78 is 5.01. The number of hydrogen-bond donors (Lipinski definition) is 0. The van der Waals surface area contributed by atoms with Crippen molar-refractivity contribution < 1.29 is 9.53 Å². The minimum atomic E-state index is -0.223. The van der Waals surface area contributed by atoms with E-state index in [-0.39, 0.29) is 12.1 Å². The molecule has 0 aliphatic heterocycles. The normalized spacial score (nSPS) is 14.4. The molecular formula is C15H26O2. The molecule has 0 bridgehead atoms. The maximum Gasteiger partial charge on any atom is 0.303 e. The Hall–Kier alpha value is -1.05. The molecule has 2 nitrogen and oxygen atoms in total. The van der Waals surface area contributed by atoms with Crippen molar-refractivity contribution in [3.05, 3.63) is 23.8 Å². The van der Waals surface area contributed by atoms with Gasteiger partial charge in [-0.15, -0.1) is 0 Å². The fraction of sp³-hybridized carbons (Fsp3) is 0.667. The van der Waals surface area contributed by atoms with E-state index in [9.17, 15) is 4.79 Å². The molecule has 98 valence electrons. The van der Waals surface area contributed by atoms with Crippen LogP contribution in [0.1, 0.15) is 53.9 Å².